The Balaban J connectivity index is 1.53. The van der Waals surface area contributed by atoms with Crippen molar-refractivity contribution in [2.24, 2.45) is 5.73 Å². The van der Waals surface area contributed by atoms with Gasteiger partial charge in [-0.2, -0.15) is 0 Å². The second-order valence-electron chi connectivity index (χ2n) is 6.35. The first kappa shape index (κ1) is 18.2. The van der Waals surface area contributed by atoms with Gasteiger partial charge < -0.3 is 20.9 Å². The number of primary amides is 1. The first-order valence-corrected chi connectivity index (χ1v) is 9.50. The zero-order valence-electron chi connectivity index (χ0n) is 14.7. The highest BCUT2D eigenvalue weighted by Gasteiger charge is 2.25. The third-order valence-electron chi connectivity index (χ3n) is 4.38. The van der Waals surface area contributed by atoms with Gasteiger partial charge in [-0.25, -0.2) is 9.78 Å². The Labute approximate surface area is 156 Å². The van der Waals surface area contributed by atoms with E-state index < -0.39 is 5.91 Å². The summed E-state index contributed by atoms with van der Waals surface area (Å²) in [5, 5.41) is 5.10. The number of rotatable bonds is 5. The highest BCUT2D eigenvalue weighted by Crippen LogP contribution is 2.18. The molecule has 1 atom stereocenters. The van der Waals surface area contributed by atoms with Crippen molar-refractivity contribution in [3.05, 3.63) is 46.3 Å². The van der Waals surface area contributed by atoms with Gasteiger partial charge in [0.2, 0.25) is 0 Å². The monoisotopic (exact) mass is 373 g/mol. The molecule has 3 rings (SSSR count). The van der Waals surface area contributed by atoms with E-state index in [1.165, 1.54) is 4.88 Å². The molecule has 1 unspecified atom stereocenters. The summed E-state index contributed by atoms with van der Waals surface area (Å²) in [4.78, 5) is 33.4. The van der Waals surface area contributed by atoms with Crippen molar-refractivity contribution < 1.29 is 9.59 Å². The largest absolute Gasteiger partial charge is 0.365 e. The zero-order valence-corrected chi connectivity index (χ0v) is 15.5. The number of amides is 3. The minimum Gasteiger partial charge on any atom is -0.365 e. The van der Waals surface area contributed by atoms with E-state index in [0.717, 1.165) is 6.42 Å². The molecule has 1 fully saturated rings. The molecule has 2 aromatic rings. The van der Waals surface area contributed by atoms with E-state index in [-0.39, 0.29) is 12.1 Å². The van der Waals surface area contributed by atoms with Crippen LogP contribution in [0, 0.1) is 0 Å². The number of nitrogens with one attached hydrogen (secondary N) is 1. The molecule has 8 heteroatoms. The third kappa shape index (κ3) is 4.32. The Kier molecular flexibility index (Phi) is 5.72. The molecule has 0 radical (unpaired) electrons. The molecule has 1 saturated heterocycles. The number of thiophene rings is 1. The van der Waals surface area contributed by atoms with Gasteiger partial charge in [-0.1, -0.05) is 6.07 Å². The lowest BCUT2D eigenvalue weighted by Crippen LogP contribution is -2.53. The standard InChI is InChI=1S/C18H23N5O2S/c1-13(12-14-4-3-11-26-14)21-18(25)23-9-7-22(8-10-23)17-15(16(19)24)5-2-6-20-17/h2-6,11,13H,7-10,12H2,1H3,(H2,19,24)(H,21,25). The summed E-state index contributed by atoms with van der Waals surface area (Å²) in [6.07, 6.45) is 2.48. The molecule has 7 nitrogen and oxygen atoms in total. The zero-order chi connectivity index (χ0) is 18.5. The molecule has 0 aliphatic carbocycles. The molecule has 0 aromatic carbocycles. The summed E-state index contributed by atoms with van der Waals surface area (Å²) in [7, 11) is 0. The van der Waals surface area contributed by atoms with Gasteiger partial charge in [-0.3, -0.25) is 4.79 Å². The summed E-state index contributed by atoms with van der Waals surface area (Å²) in [5.74, 6) is 0.0989. The Bertz CT molecular complexity index is 757. The topological polar surface area (TPSA) is 91.6 Å². The van der Waals surface area contributed by atoms with Crippen LogP contribution in [0.3, 0.4) is 0 Å². The van der Waals surface area contributed by atoms with E-state index >= 15 is 0 Å². The van der Waals surface area contributed by atoms with Gasteiger partial charge in [-0.15, -0.1) is 11.3 Å². The van der Waals surface area contributed by atoms with Gasteiger partial charge in [-0.05, 0) is 30.5 Å². The van der Waals surface area contributed by atoms with E-state index in [1.807, 2.05) is 23.3 Å². The van der Waals surface area contributed by atoms with Gasteiger partial charge >= 0.3 is 6.03 Å². The molecular formula is C18H23N5O2S. The van der Waals surface area contributed by atoms with Crippen molar-refractivity contribution in [3.8, 4) is 0 Å². The second-order valence-corrected chi connectivity index (χ2v) is 7.38. The van der Waals surface area contributed by atoms with Gasteiger partial charge in [0.05, 0.1) is 5.56 Å². The molecule has 3 amide bonds. The van der Waals surface area contributed by atoms with Crippen LogP contribution in [0.25, 0.3) is 0 Å². The lowest BCUT2D eigenvalue weighted by molar-refractivity contribution is 0.1000. The van der Waals surface area contributed by atoms with E-state index in [1.54, 1.807) is 34.6 Å². The molecular weight excluding hydrogens is 350 g/mol. The number of aromatic nitrogens is 1. The molecule has 2 aromatic heterocycles. The average molecular weight is 373 g/mol. The Hall–Kier alpha value is -2.61. The van der Waals surface area contributed by atoms with Crippen molar-refractivity contribution in [1.82, 2.24) is 15.2 Å². The van der Waals surface area contributed by atoms with E-state index in [4.69, 9.17) is 5.73 Å². The van der Waals surface area contributed by atoms with Crippen LogP contribution in [0.2, 0.25) is 0 Å². The van der Waals surface area contributed by atoms with Gasteiger partial charge in [0, 0.05) is 49.7 Å². The number of nitrogens with zero attached hydrogens (tertiary/aromatic N) is 3. The van der Waals surface area contributed by atoms with Gasteiger partial charge in [0.25, 0.3) is 5.91 Å². The Morgan fingerprint density at radius 3 is 2.69 bits per heavy atom. The summed E-state index contributed by atoms with van der Waals surface area (Å²) < 4.78 is 0. The SMILES string of the molecule is CC(Cc1cccs1)NC(=O)N1CCN(c2ncccc2C(N)=O)CC1. The van der Waals surface area contributed by atoms with Crippen LogP contribution in [0.5, 0.6) is 0 Å². The Morgan fingerprint density at radius 2 is 2.04 bits per heavy atom. The maximum atomic E-state index is 12.5. The highest BCUT2D eigenvalue weighted by molar-refractivity contribution is 7.09. The quantitative estimate of drug-likeness (QED) is 0.835. The van der Waals surface area contributed by atoms with Crippen molar-refractivity contribution in [3.63, 3.8) is 0 Å². The molecule has 1 aliphatic heterocycles. The van der Waals surface area contributed by atoms with Gasteiger partial charge in [0.15, 0.2) is 0 Å². The fraction of sp³-hybridized carbons (Fsp3) is 0.389. The number of hydrogen-bond acceptors (Lipinski definition) is 5. The molecule has 138 valence electrons. The molecule has 26 heavy (non-hydrogen) atoms. The molecule has 1 aliphatic rings. The minimum absolute atomic E-state index is 0.0511. The Morgan fingerprint density at radius 1 is 1.27 bits per heavy atom. The first-order valence-electron chi connectivity index (χ1n) is 8.62. The summed E-state index contributed by atoms with van der Waals surface area (Å²) in [5.41, 5.74) is 5.84. The van der Waals surface area contributed by atoms with Gasteiger partial charge in [0.1, 0.15) is 5.82 Å². The number of hydrogen-bond donors (Lipinski definition) is 2. The lowest BCUT2D eigenvalue weighted by atomic mass is 10.2. The van der Waals surface area contributed by atoms with Crippen LogP contribution >= 0.6 is 11.3 Å². The van der Waals surface area contributed by atoms with Crippen molar-refractivity contribution in [2.45, 2.75) is 19.4 Å². The molecule has 0 saturated carbocycles. The van der Waals surface area contributed by atoms with E-state index in [0.29, 0.717) is 37.6 Å². The maximum Gasteiger partial charge on any atom is 0.317 e. The molecule has 3 N–H and O–H groups in total. The smallest absolute Gasteiger partial charge is 0.317 e. The summed E-state index contributed by atoms with van der Waals surface area (Å²) >= 11 is 1.70. The average Bonchev–Trinajstić information content (AvgIpc) is 3.14. The number of carbonyl (C=O) groups is 2. The normalized spacial score (nSPS) is 15.6. The number of pyridine rings is 1. The van der Waals surface area contributed by atoms with Crippen LogP contribution in [0.4, 0.5) is 10.6 Å². The van der Waals surface area contributed by atoms with Crippen molar-refractivity contribution >= 4 is 29.1 Å². The maximum absolute atomic E-state index is 12.5. The molecule has 3 heterocycles. The number of carbonyl (C=O) groups excluding carboxylic acids is 2. The highest BCUT2D eigenvalue weighted by atomic mass is 32.1. The van der Waals surface area contributed by atoms with Crippen LogP contribution in [0.15, 0.2) is 35.8 Å². The predicted molar refractivity (Wildman–Crippen MR) is 103 cm³/mol. The number of anilines is 1. The number of nitrogens with two attached hydrogens (primary N) is 1. The summed E-state index contributed by atoms with van der Waals surface area (Å²) in [6.45, 7) is 4.40. The summed E-state index contributed by atoms with van der Waals surface area (Å²) in [6, 6.07) is 7.50. The lowest BCUT2D eigenvalue weighted by Gasteiger charge is -2.36. The van der Waals surface area contributed by atoms with Crippen LogP contribution < -0.4 is 16.0 Å². The van der Waals surface area contributed by atoms with Crippen molar-refractivity contribution in [1.29, 1.82) is 0 Å². The fourth-order valence-corrected chi connectivity index (χ4v) is 3.88. The van der Waals surface area contributed by atoms with Crippen LogP contribution in [-0.4, -0.2) is 54.0 Å². The number of urea groups is 1. The predicted octanol–water partition coefficient (Wildman–Crippen LogP) is 1.70. The number of piperazine rings is 1. The van der Waals surface area contributed by atoms with Crippen molar-refractivity contribution in [2.75, 3.05) is 31.1 Å². The van der Waals surface area contributed by atoms with Crippen LogP contribution in [0.1, 0.15) is 22.2 Å². The minimum atomic E-state index is -0.490. The van der Waals surface area contributed by atoms with Crippen LogP contribution in [-0.2, 0) is 6.42 Å². The first-order chi connectivity index (χ1) is 12.5. The fourth-order valence-electron chi connectivity index (χ4n) is 3.05. The van der Waals surface area contributed by atoms with E-state index in [9.17, 15) is 9.59 Å². The molecule has 0 bridgehead atoms. The molecule has 0 spiro atoms. The third-order valence-corrected chi connectivity index (χ3v) is 5.27. The van der Waals surface area contributed by atoms with E-state index in [2.05, 4.69) is 16.4 Å². The second kappa shape index (κ2) is 8.18.